The molecule has 0 spiro atoms. The maximum atomic E-state index is 10.6. The van der Waals surface area contributed by atoms with Crippen LogP contribution in [-0.2, 0) is 19.3 Å². The topological polar surface area (TPSA) is 20.2 Å². The Hall–Kier alpha value is -1.12. The number of fused-ring (bicyclic) bond motifs is 1. The summed E-state index contributed by atoms with van der Waals surface area (Å²) >= 11 is 1.81. The number of rotatable bonds is 3. The minimum Gasteiger partial charge on any atom is -0.383 e. The van der Waals surface area contributed by atoms with Crippen LogP contribution in [0.25, 0.3) is 0 Å². The molecule has 106 valence electrons. The van der Waals surface area contributed by atoms with Gasteiger partial charge in [0, 0.05) is 9.75 Å². The van der Waals surface area contributed by atoms with Gasteiger partial charge in [0.2, 0.25) is 0 Å². The lowest BCUT2D eigenvalue weighted by Gasteiger charge is -2.09. The average molecular weight is 286 g/mol. The normalized spacial score (nSPS) is 16.5. The first-order valence-electron chi connectivity index (χ1n) is 7.66. The predicted octanol–water partition coefficient (Wildman–Crippen LogP) is 4.66. The van der Waals surface area contributed by atoms with Gasteiger partial charge in [-0.2, -0.15) is 0 Å². The van der Waals surface area contributed by atoms with Crippen molar-refractivity contribution < 1.29 is 5.11 Å². The van der Waals surface area contributed by atoms with Gasteiger partial charge in [-0.1, -0.05) is 37.6 Å². The van der Waals surface area contributed by atoms with Gasteiger partial charge < -0.3 is 5.11 Å². The molecule has 1 nitrogen and oxygen atoms in total. The van der Waals surface area contributed by atoms with E-state index in [1.54, 1.807) is 0 Å². The van der Waals surface area contributed by atoms with Crippen LogP contribution in [0.15, 0.2) is 30.3 Å². The zero-order chi connectivity index (χ0) is 13.9. The fourth-order valence-electron chi connectivity index (χ4n) is 2.93. The number of benzene rings is 1. The molecule has 2 aromatic rings. The van der Waals surface area contributed by atoms with Gasteiger partial charge in [-0.05, 0) is 54.9 Å². The highest BCUT2D eigenvalue weighted by Crippen LogP contribution is 2.34. The summed E-state index contributed by atoms with van der Waals surface area (Å²) in [5, 5.41) is 10.6. The number of aliphatic hydroxyl groups excluding tert-OH is 1. The third kappa shape index (κ3) is 2.82. The van der Waals surface area contributed by atoms with Crippen LogP contribution in [0.3, 0.4) is 0 Å². The number of aryl methyl sites for hydroxylation is 3. The molecule has 0 radical (unpaired) electrons. The van der Waals surface area contributed by atoms with Gasteiger partial charge in [0.25, 0.3) is 0 Å². The Morgan fingerprint density at radius 3 is 2.60 bits per heavy atom. The molecule has 0 aliphatic heterocycles. The average Bonchev–Trinajstić information content (AvgIpc) is 2.77. The molecule has 3 rings (SSSR count). The van der Waals surface area contributed by atoms with Crippen LogP contribution in [0.4, 0.5) is 0 Å². The molecule has 20 heavy (non-hydrogen) atoms. The van der Waals surface area contributed by atoms with Crippen molar-refractivity contribution >= 4 is 11.3 Å². The standard InChI is InChI=1S/C18H22OS/c1-2-13-8-10-14(11-9-13)18(19)17-12-15-6-4-3-5-7-16(15)20-17/h8-12,18-19H,2-7H2,1H3. The zero-order valence-electron chi connectivity index (χ0n) is 12.1. The molecule has 0 saturated heterocycles. The van der Waals surface area contributed by atoms with E-state index < -0.39 is 6.10 Å². The smallest absolute Gasteiger partial charge is 0.113 e. The highest BCUT2D eigenvalue weighted by Gasteiger charge is 2.18. The minimum absolute atomic E-state index is 0.460. The molecule has 2 heteroatoms. The number of thiophene rings is 1. The van der Waals surface area contributed by atoms with Gasteiger partial charge in [-0.15, -0.1) is 11.3 Å². The number of aliphatic hydroxyl groups is 1. The van der Waals surface area contributed by atoms with Crippen LogP contribution in [0.5, 0.6) is 0 Å². The van der Waals surface area contributed by atoms with E-state index in [2.05, 4.69) is 37.3 Å². The highest BCUT2D eigenvalue weighted by molar-refractivity contribution is 7.12. The summed E-state index contributed by atoms with van der Waals surface area (Å²) < 4.78 is 0. The number of hydrogen-bond acceptors (Lipinski definition) is 2. The molecule has 1 N–H and O–H groups in total. The first-order valence-corrected chi connectivity index (χ1v) is 8.48. The van der Waals surface area contributed by atoms with E-state index in [1.807, 2.05) is 11.3 Å². The summed E-state index contributed by atoms with van der Waals surface area (Å²) in [6.07, 6.45) is 6.91. The van der Waals surface area contributed by atoms with E-state index in [0.29, 0.717) is 0 Å². The van der Waals surface area contributed by atoms with Gasteiger partial charge in [-0.3, -0.25) is 0 Å². The maximum absolute atomic E-state index is 10.6. The predicted molar refractivity (Wildman–Crippen MR) is 85.5 cm³/mol. The lowest BCUT2D eigenvalue weighted by Crippen LogP contribution is -1.97. The Bertz CT molecular complexity index is 544. The molecule has 1 unspecified atom stereocenters. The van der Waals surface area contributed by atoms with Crippen molar-refractivity contribution in [2.45, 2.75) is 51.6 Å². The summed E-state index contributed by atoms with van der Waals surface area (Å²) in [6, 6.07) is 10.6. The summed E-state index contributed by atoms with van der Waals surface area (Å²) in [5.41, 5.74) is 3.81. The van der Waals surface area contributed by atoms with Gasteiger partial charge >= 0.3 is 0 Å². The zero-order valence-corrected chi connectivity index (χ0v) is 12.9. The molecule has 1 atom stereocenters. The summed E-state index contributed by atoms with van der Waals surface area (Å²) in [7, 11) is 0. The molecular weight excluding hydrogens is 264 g/mol. The van der Waals surface area contributed by atoms with E-state index in [9.17, 15) is 5.11 Å². The van der Waals surface area contributed by atoms with Crippen LogP contribution in [0, 0.1) is 0 Å². The van der Waals surface area contributed by atoms with E-state index in [0.717, 1.165) is 16.9 Å². The Kier molecular flexibility index (Phi) is 4.23. The first kappa shape index (κ1) is 13.8. The second kappa shape index (κ2) is 6.11. The summed E-state index contributed by atoms with van der Waals surface area (Å²) in [4.78, 5) is 2.61. The summed E-state index contributed by atoms with van der Waals surface area (Å²) in [6.45, 7) is 2.15. The Morgan fingerprint density at radius 2 is 1.85 bits per heavy atom. The molecule has 0 amide bonds. The molecule has 1 heterocycles. The fourth-order valence-corrected chi connectivity index (χ4v) is 4.20. The highest BCUT2D eigenvalue weighted by atomic mass is 32.1. The van der Waals surface area contributed by atoms with Crippen LogP contribution >= 0.6 is 11.3 Å². The monoisotopic (exact) mass is 286 g/mol. The van der Waals surface area contributed by atoms with Crippen LogP contribution in [-0.4, -0.2) is 5.11 Å². The van der Waals surface area contributed by atoms with Crippen LogP contribution in [0.2, 0.25) is 0 Å². The SMILES string of the molecule is CCc1ccc(C(O)c2cc3c(s2)CCCCC3)cc1. The van der Waals surface area contributed by atoms with Gasteiger partial charge in [-0.25, -0.2) is 0 Å². The Labute approximate surface area is 125 Å². The molecule has 0 fully saturated rings. The van der Waals surface area contributed by atoms with E-state index in [4.69, 9.17) is 0 Å². The first-order chi connectivity index (χ1) is 9.78. The molecular formula is C18H22OS. The largest absolute Gasteiger partial charge is 0.383 e. The lowest BCUT2D eigenvalue weighted by molar-refractivity contribution is 0.224. The maximum Gasteiger partial charge on any atom is 0.113 e. The third-order valence-corrected chi connectivity index (χ3v) is 5.53. The third-order valence-electron chi connectivity index (χ3n) is 4.24. The molecule has 1 aliphatic carbocycles. The van der Waals surface area contributed by atoms with E-state index in [1.165, 1.54) is 48.1 Å². The van der Waals surface area contributed by atoms with Crippen molar-refractivity contribution in [3.05, 3.63) is 56.8 Å². The van der Waals surface area contributed by atoms with Crippen molar-refractivity contribution in [3.8, 4) is 0 Å². The minimum atomic E-state index is -0.460. The van der Waals surface area contributed by atoms with Crippen molar-refractivity contribution in [3.63, 3.8) is 0 Å². The molecule has 1 aliphatic rings. The number of hydrogen-bond donors (Lipinski definition) is 1. The molecule has 0 saturated carbocycles. The van der Waals surface area contributed by atoms with E-state index >= 15 is 0 Å². The fraction of sp³-hybridized carbons (Fsp3) is 0.444. The Morgan fingerprint density at radius 1 is 1.10 bits per heavy atom. The second-order valence-electron chi connectivity index (χ2n) is 5.66. The summed E-state index contributed by atoms with van der Waals surface area (Å²) in [5.74, 6) is 0. The second-order valence-corrected chi connectivity index (χ2v) is 6.82. The van der Waals surface area contributed by atoms with Gasteiger partial charge in [0.1, 0.15) is 6.10 Å². The van der Waals surface area contributed by atoms with Crippen LogP contribution in [0.1, 0.15) is 58.7 Å². The van der Waals surface area contributed by atoms with Crippen molar-refractivity contribution in [1.82, 2.24) is 0 Å². The Balaban J connectivity index is 1.84. The molecule has 1 aromatic heterocycles. The van der Waals surface area contributed by atoms with Crippen molar-refractivity contribution in [2.75, 3.05) is 0 Å². The lowest BCUT2D eigenvalue weighted by atomic mass is 10.0. The van der Waals surface area contributed by atoms with Gasteiger partial charge in [0.15, 0.2) is 0 Å². The van der Waals surface area contributed by atoms with Crippen molar-refractivity contribution in [2.24, 2.45) is 0 Å². The van der Waals surface area contributed by atoms with Crippen molar-refractivity contribution in [1.29, 1.82) is 0 Å². The molecule has 1 aromatic carbocycles. The molecule has 0 bridgehead atoms. The van der Waals surface area contributed by atoms with Crippen LogP contribution < -0.4 is 0 Å². The van der Waals surface area contributed by atoms with E-state index in [-0.39, 0.29) is 0 Å². The quantitative estimate of drug-likeness (QED) is 0.814. The van der Waals surface area contributed by atoms with Gasteiger partial charge in [0.05, 0.1) is 0 Å².